The second kappa shape index (κ2) is 13.6. The number of hydrogen-bond acceptors (Lipinski definition) is 3. The Bertz CT molecular complexity index is 3110. The highest BCUT2D eigenvalue weighted by Crippen LogP contribution is 2.65. The van der Waals surface area contributed by atoms with E-state index in [1.807, 2.05) is 0 Å². The summed E-state index contributed by atoms with van der Waals surface area (Å²) in [6.45, 7) is 0. The zero-order valence-corrected chi connectivity index (χ0v) is 32.7. The molecule has 2 aliphatic rings. The van der Waals surface area contributed by atoms with Gasteiger partial charge in [-0.05, 0) is 130 Å². The summed E-state index contributed by atoms with van der Waals surface area (Å²) in [5.41, 5.74) is 17.9. The van der Waals surface area contributed by atoms with Crippen LogP contribution < -0.4 is 9.80 Å². The quantitative estimate of drug-likeness (QED) is 0.161. The lowest BCUT2D eigenvalue weighted by Crippen LogP contribution is -2.26. The summed E-state index contributed by atoms with van der Waals surface area (Å²) in [6, 6.07) is 83.1. The molecule has 1 aromatic heterocycles. The summed E-state index contributed by atoms with van der Waals surface area (Å²) < 4.78 is 6.93. The number of fused-ring (bicyclic) bond motifs is 12. The molecular weight excluding hydrogens is 729 g/mol. The largest absolute Gasteiger partial charge is 0.456 e. The van der Waals surface area contributed by atoms with Gasteiger partial charge in [-0.1, -0.05) is 140 Å². The molecule has 1 heterocycles. The topological polar surface area (TPSA) is 19.6 Å². The van der Waals surface area contributed by atoms with E-state index in [-0.39, 0.29) is 0 Å². The smallest absolute Gasteiger partial charge is 0.140 e. The van der Waals surface area contributed by atoms with Crippen molar-refractivity contribution >= 4 is 45.1 Å². The van der Waals surface area contributed by atoms with E-state index in [1.165, 1.54) is 38.9 Å². The highest BCUT2D eigenvalue weighted by molar-refractivity contribution is 6.03. The van der Waals surface area contributed by atoms with E-state index >= 15 is 0 Å². The third-order valence-corrected chi connectivity index (χ3v) is 12.4. The number of hydrogen-bond donors (Lipinski definition) is 0. The fourth-order valence-electron chi connectivity index (χ4n) is 9.95. The molecule has 0 bridgehead atoms. The second-order valence-corrected chi connectivity index (χ2v) is 15.6. The summed E-state index contributed by atoms with van der Waals surface area (Å²) in [6.07, 6.45) is 0. The summed E-state index contributed by atoms with van der Waals surface area (Å²) in [5, 5.41) is 1.15. The van der Waals surface area contributed by atoms with E-state index in [2.05, 4.69) is 240 Å². The van der Waals surface area contributed by atoms with Crippen molar-refractivity contribution in [3.63, 3.8) is 0 Å². The van der Waals surface area contributed by atoms with E-state index in [1.54, 1.807) is 0 Å². The molecule has 1 spiro atoms. The maximum Gasteiger partial charge on any atom is 0.140 e. The van der Waals surface area contributed by atoms with Crippen LogP contribution in [0.3, 0.4) is 0 Å². The van der Waals surface area contributed by atoms with Gasteiger partial charge in [-0.2, -0.15) is 0 Å². The van der Waals surface area contributed by atoms with Gasteiger partial charge < -0.3 is 14.2 Å². The lowest BCUT2D eigenvalue weighted by Gasteiger charge is -2.32. The average molecular weight is 767 g/mol. The van der Waals surface area contributed by atoms with Gasteiger partial charge >= 0.3 is 0 Å². The van der Waals surface area contributed by atoms with Crippen LogP contribution in [0.2, 0.25) is 0 Å². The number of rotatable bonds is 7. The van der Waals surface area contributed by atoms with E-state index in [0.29, 0.717) is 0 Å². The summed E-state index contributed by atoms with van der Waals surface area (Å²) in [7, 11) is 0. The molecule has 0 saturated carbocycles. The first-order chi connectivity index (χ1) is 29.8. The van der Waals surface area contributed by atoms with Gasteiger partial charge in [0.15, 0.2) is 0 Å². The Kier molecular flexibility index (Phi) is 7.76. The predicted molar refractivity (Wildman–Crippen MR) is 247 cm³/mol. The molecule has 9 aromatic carbocycles. The van der Waals surface area contributed by atoms with Crippen molar-refractivity contribution in [1.82, 2.24) is 0 Å². The maximum absolute atomic E-state index is 6.93. The zero-order chi connectivity index (χ0) is 39.6. The first kappa shape index (κ1) is 34.2. The van der Waals surface area contributed by atoms with E-state index in [9.17, 15) is 0 Å². The minimum atomic E-state index is -0.619. The Morgan fingerprint density at radius 1 is 0.317 bits per heavy atom. The van der Waals surface area contributed by atoms with Gasteiger partial charge in [-0.15, -0.1) is 0 Å². The number of nitrogens with zero attached hydrogens (tertiary/aromatic N) is 2. The van der Waals surface area contributed by atoms with Gasteiger partial charge in [0, 0.05) is 50.6 Å². The Morgan fingerprint density at radius 3 is 1.40 bits per heavy atom. The van der Waals surface area contributed by atoms with Crippen LogP contribution in [0.5, 0.6) is 0 Å². The molecule has 12 rings (SSSR count). The average Bonchev–Trinajstić information content (AvgIpc) is 3.94. The van der Waals surface area contributed by atoms with E-state index in [0.717, 1.165) is 62.0 Å². The van der Waals surface area contributed by atoms with Crippen LogP contribution in [0.4, 0.5) is 34.1 Å². The minimum absolute atomic E-state index is 0.619. The molecule has 1 atom stereocenters. The normalized spacial score (nSPS) is 14.4. The van der Waals surface area contributed by atoms with Crippen LogP contribution in [0, 0.1) is 0 Å². The summed E-state index contributed by atoms with van der Waals surface area (Å²) >= 11 is 0. The molecule has 10 aromatic rings. The molecule has 0 N–H and O–H groups in total. The van der Waals surface area contributed by atoms with Gasteiger partial charge in [0.05, 0.1) is 5.41 Å². The molecule has 1 unspecified atom stereocenters. The first-order valence-electron chi connectivity index (χ1n) is 20.6. The lowest BCUT2D eigenvalue weighted by atomic mass is 9.69. The molecule has 0 saturated heterocycles. The number of benzene rings is 9. The van der Waals surface area contributed by atoms with Gasteiger partial charge in [0.25, 0.3) is 0 Å². The van der Waals surface area contributed by atoms with Crippen LogP contribution in [0.25, 0.3) is 44.5 Å². The Labute approximate surface area is 349 Å². The lowest BCUT2D eigenvalue weighted by molar-refractivity contribution is 0.628. The number of para-hydroxylation sites is 5. The molecule has 3 nitrogen and oxygen atoms in total. The molecule has 282 valence electrons. The number of anilines is 6. The van der Waals surface area contributed by atoms with Gasteiger partial charge in [-0.25, -0.2) is 0 Å². The summed E-state index contributed by atoms with van der Waals surface area (Å²) in [5.74, 6) is 0.947. The molecular formula is C57H38N2O. The number of furan rings is 1. The van der Waals surface area contributed by atoms with Crippen LogP contribution in [0.1, 0.15) is 22.3 Å². The zero-order valence-electron chi connectivity index (χ0n) is 32.7. The molecule has 2 aliphatic carbocycles. The third-order valence-electron chi connectivity index (χ3n) is 12.4. The molecule has 0 fully saturated rings. The van der Waals surface area contributed by atoms with Crippen molar-refractivity contribution in [1.29, 1.82) is 0 Å². The van der Waals surface area contributed by atoms with Crippen molar-refractivity contribution in [3.8, 4) is 33.6 Å². The van der Waals surface area contributed by atoms with Crippen molar-refractivity contribution in [2.45, 2.75) is 5.41 Å². The standard InChI is InChI=1S/C57H38N2O/c1-5-17-41(18-6-1)58(42-19-7-2-8-20-42)45-32-29-39(30-33-45)40-31-35-48-47-25-13-15-27-51(47)57(52(48)37-40)53-38-46(59(43-21-9-3-10-22-43)44-23-11-4-12-24-44)34-36-49(53)56-55(57)50-26-14-16-28-54(50)60-56/h1-38H. The van der Waals surface area contributed by atoms with Crippen LogP contribution in [-0.2, 0) is 5.41 Å². The van der Waals surface area contributed by atoms with Crippen molar-refractivity contribution in [3.05, 3.63) is 253 Å². The highest BCUT2D eigenvalue weighted by atomic mass is 16.3. The van der Waals surface area contributed by atoms with Crippen molar-refractivity contribution in [2.75, 3.05) is 9.80 Å². The van der Waals surface area contributed by atoms with Gasteiger partial charge in [-0.3, -0.25) is 0 Å². The fourth-order valence-corrected chi connectivity index (χ4v) is 9.95. The molecule has 0 radical (unpaired) electrons. The van der Waals surface area contributed by atoms with Crippen LogP contribution >= 0.6 is 0 Å². The molecule has 60 heavy (non-hydrogen) atoms. The predicted octanol–water partition coefficient (Wildman–Crippen LogP) is 15.4. The first-order valence-corrected chi connectivity index (χ1v) is 20.6. The molecule has 0 aliphatic heterocycles. The third kappa shape index (κ3) is 5.09. The highest BCUT2D eigenvalue weighted by Gasteiger charge is 2.54. The Hall–Kier alpha value is -7.88. The SMILES string of the molecule is c1ccc(N(c2ccccc2)c2ccc(-c3ccc4c(c3)C3(c5ccccc5-4)c4cc(N(c5ccccc5)c5ccccc5)ccc4-c4oc5ccccc5c43)cc2)cc1. The monoisotopic (exact) mass is 766 g/mol. The molecule has 0 amide bonds. The van der Waals surface area contributed by atoms with Gasteiger partial charge in [0.1, 0.15) is 11.3 Å². The van der Waals surface area contributed by atoms with Crippen LogP contribution in [0.15, 0.2) is 235 Å². The summed E-state index contributed by atoms with van der Waals surface area (Å²) in [4.78, 5) is 4.67. The van der Waals surface area contributed by atoms with Crippen LogP contribution in [-0.4, -0.2) is 0 Å². The van der Waals surface area contributed by atoms with Crippen molar-refractivity contribution < 1.29 is 4.42 Å². The molecule has 3 heteroatoms. The van der Waals surface area contributed by atoms with Crippen molar-refractivity contribution in [2.24, 2.45) is 0 Å². The fraction of sp³-hybridized carbons (Fsp3) is 0.0175. The van der Waals surface area contributed by atoms with E-state index < -0.39 is 5.41 Å². The minimum Gasteiger partial charge on any atom is -0.456 e. The Morgan fingerprint density at radius 2 is 0.767 bits per heavy atom. The maximum atomic E-state index is 6.93. The van der Waals surface area contributed by atoms with Gasteiger partial charge in [0.2, 0.25) is 0 Å². The second-order valence-electron chi connectivity index (χ2n) is 15.6. The Balaban J connectivity index is 1.07. The van der Waals surface area contributed by atoms with E-state index in [4.69, 9.17) is 4.42 Å².